The summed E-state index contributed by atoms with van der Waals surface area (Å²) < 4.78 is 0. The molecule has 0 fully saturated rings. The van der Waals surface area contributed by atoms with E-state index in [1.54, 1.807) is 19.9 Å². The summed E-state index contributed by atoms with van der Waals surface area (Å²) >= 11 is 5.90. The standard InChI is InChI=1S/C13H11ClN4O3/c1-7-5-8(2)16-13(15-7)17-12(19)10-6-9(18(20)21)3-4-11(10)14/h3-6H,1-2H3,(H,15,16,17,19). The number of non-ortho nitro benzene ring substituents is 1. The van der Waals surface area contributed by atoms with Crippen LogP contribution in [0.5, 0.6) is 0 Å². The van der Waals surface area contributed by atoms with Crippen LogP contribution < -0.4 is 5.32 Å². The van der Waals surface area contributed by atoms with Crippen molar-refractivity contribution < 1.29 is 9.72 Å². The van der Waals surface area contributed by atoms with E-state index in [9.17, 15) is 14.9 Å². The van der Waals surface area contributed by atoms with Crippen LogP contribution in [0.3, 0.4) is 0 Å². The van der Waals surface area contributed by atoms with Gasteiger partial charge >= 0.3 is 0 Å². The number of rotatable bonds is 3. The van der Waals surface area contributed by atoms with Crippen molar-refractivity contribution in [3.05, 3.63) is 56.4 Å². The van der Waals surface area contributed by atoms with Crippen LogP contribution in [0.25, 0.3) is 0 Å². The second kappa shape index (κ2) is 5.84. The minimum Gasteiger partial charge on any atom is -0.290 e. The van der Waals surface area contributed by atoms with Gasteiger partial charge in [-0.2, -0.15) is 0 Å². The first-order chi connectivity index (χ1) is 9.86. The van der Waals surface area contributed by atoms with E-state index in [1.165, 1.54) is 12.1 Å². The molecule has 1 aromatic heterocycles. The lowest BCUT2D eigenvalue weighted by molar-refractivity contribution is -0.384. The maximum Gasteiger partial charge on any atom is 0.270 e. The summed E-state index contributed by atoms with van der Waals surface area (Å²) in [4.78, 5) is 30.4. The quantitative estimate of drug-likeness (QED) is 0.694. The molecule has 0 aliphatic rings. The van der Waals surface area contributed by atoms with Crippen molar-refractivity contribution in [3.63, 3.8) is 0 Å². The van der Waals surface area contributed by atoms with Gasteiger partial charge < -0.3 is 0 Å². The van der Waals surface area contributed by atoms with Gasteiger partial charge in [0.25, 0.3) is 11.6 Å². The van der Waals surface area contributed by atoms with E-state index in [0.717, 1.165) is 6.07 Å². The first kappa shape index (κ1) is 14.9. The van der Waals surface area contributed by atoms with E-state index in [1.807, 2.05) is 0 Å². The molecule has 0 radical (unpaired) electrons. The van der Waals surface area contributed by atoms with Gasteiger partial charge in [0.05, 0.1) is 15.5 Å². The third-order valence-electron chi connectivity index (χ3n) is 2.61. The van der Waals surface area contributed by atoms with Gasteiger partial charge in [-0.05, 0) is 26.0 Å². The topological polar surface area (TPSA) is 98.0 Å². The van der Waals surface area contributed by atoms with E-state index in [-0.39, 0.29) is 22.2 Å². The van der Waals surface area contributed by atoms with E-state index < -0.39 is 10.8 Å². The van der Waals surface area contributed by atoms with Crippen molar-refractivity contribution in [3.8, 4) is 0 Å². The van der Waals surface area contributed by atoms with E-state index in [2.05, 4.69) is 15.3 Å². The van der Waals surface area contributed by atoms with Crippen molar-refractivity contribution in [1.29, 1.82) is 0 Å². The van der Waals surface area contributed by atoms with Crippen LogP contribution in [0.15, 0.2) is 24.3 Å². The molecule has 2 aromatic rings. The number of benzene rings is 1. The van der Waals surface area contributed by atoms with Gasteiger partial charge in [0.15, 0.2) is 0 Å². The number of hydrogen-bond donors (Lipinski definition) is 1. The molecular formula is C13H11ClN4O3. The van der Waals surface area contributed by atoms with Crippen molar-refractivity contribution in [2.24, 2.45) is 0 Å². The Morgan fingerprint density at radius 2 is 1.86 bits per heavy atom. The molecule has 0 aliphatic carbocycles. The van der Waals surface area contributed by atoms with Crippen LogP contribution in [0.4, 0.5) is 11.6 Å². The number of nitro groups is 1. The lowest BCUT2D eigenvalue weighted by Crippen LogP contribution is -2.15. The van der Waals surface area contributed by atoms with Crippen LogP contribution in [-0.2, 0) is 0 Å². The zero-order chi connectivity index (χ0) is 15.6. The predicted molar refractivity (Wildman–Crippen MR) is 77.6 cm³/mol. The highest BCUT2D eigenvalue weighted by Crippen LogP contribution is 2.22. The molecule has 0 aliphatic heterocycles. The lowest BCUT2D eigenvalue weighted by Gasteiger charge is -2.06. The number of nitrogens with zero attached hydrogens (tertiary/aromatic N) is 3. The summed E-state index contributed by atoms with van der Waals surface area (Å²) in [6.45, 7) is 3.54. The summed E-state index contributed by atoms with van der Waals surface area (Å²) in [7, 11) is 0. The maximum absolute atomic E-state index is 12.1. The molecule has 1 amide bonds. The first-order valence-corrected chi connectivity index (χ1v) is 6.32. The molecule has 1 heterocycles. The second-order valence-electron chi connectivity index (χ2n) is 4.35. The number of aryl methyl sites for hydroxylation is 2. The predicted octanol–water partition coefficient (Wildman–Crippen LogP) is 2.91. The number of nitro benzene ring substituents is 1. The Labute approximate surface area is 125 Å². The molecule has 8 heteroatoms. The molecule has 2 rings (SSSR count). The first-order valence-electron chi connectivity index (χ1n) is 5.94. The summed E-state index contributed by atoms with van der Waals surface area (Å²) in [6.07, 6.45) is 0. The highest BCUT2D eigenvalue weighted by molar-refractivity contribution is 6.34. The SMILES string of the molecule is Cc1cc(C)nc(NC(=O)c2cc([N+](=O)[O-])ccc2Cl)n1. The molecular weight excluding hydrogens is 296 g/mol. The summed E-state index contributed by atoms with van der Waals surface area (Å²) in [5.41, 5.74) is 1.17. The van der Waals surface area contributed by atoms with Gasteiger partial charge in [0.1, 0.15) is 0 Å². The number of carbonyl (C=O) groups is 1. The molecule has 0 atom stereocenters. The van der Waals surface area contributed by atoms with Crippen LogP contribution in [0, 0.1) is 24.0 Å². The van der Waals surface area contributed by atoms with Crippen LogP contribution >= 0.6 is 11.6 Å². The Kier molecular flexibility index (Phi) is 4.13. The van der Waals surface area contributed by atoms with Gasteiger partial charge in [-0.25, -0.2) is 9.97 Å². The molecule has 21 heavy (non-hydrogen) atoms. The summed E-state index contributed by atoms with van der Waals surface area (Å²) in [6, 6.07) is 5.40. The largest absolute Gasteiger partial charge is 0.290 e. The fourth-order valence-corrected chi connectivity index (χ4v) is 1.95. The third-order valence-corrected chi connectivity index (χ3v) is 2.94. The van der Waals surface area contributed by atoms with Gasteiger partial charge in [0, 0.05) is 23.5 Å². The molecule has 0 spiro atoms. The van der Waals surface area contributed by atoms with Gasteiger partial charge in [-0.15, -0.1) is 0 Å². The Balaban J connectivity index is 2.31. The van der Waals surface area contributed by atoms with Gasteiger partial charge in [-0.1, -0.05) is 11.6 Å². The highest BCUT2D eigenvalue weighted by atomic mass is 35.5. The van der Waals surface area contributed by atoms with E-state index in [0.29, 0.717) is 11.4 Å². The molecule has 0 unspecified atom stereocenters. The number of carbonyl (C=O) groups excluding carboxylic acids is 1. The van der Waals surface area contributed by atoms with E-state index >= 15 is 0 Å². The fourth-order valence-electron chi connectivity index (χ4n) is 1.75. The number of aromatic nitrogens is 2. The summed E-state index contributed by atoms with van der Waals surface area (Å²) in [5.74, 6) is -0.478. The lowest BCUT2D eigenvalue weighted by atomic mass is 10.2. The van der Waals surface area contributed by atoms with Gasteiger partial charge in [0.2, 0.25) is 5.95 Å². The zero-order valence-corrected chi connectivity index (χ0v) is 12.0. The molecule has 0 saturated heterocycles. The minimum atomic E-state index is -0.603. The van der Waals surface area contributed by atoms with Crippen molar-refractivity contribution in [2.45, 2.75) is 13.8 Å². The molecule has 0 bridgehead atoms. The molecule has 0 saturated carbocycles. The number of anilines is 1. The molecule has 1 aromatic carbocycles. The normalized spacial score (nSPS) is 10.2. The Hall–Kier alpha value is -2.54. The smallest absolute Gasteiger partial charge is 0.270 e. The van der Waals surface area contributed by atoms with Crippen LogP contribution in [0.2, 0.25) is 5.02 Å². The highest BCUT2D eigenvalue weighted by Gasteiger charge is 2.17. The molecule has 1 N–H and O–H groups in total. The van der Waals surface area contributed by atoms with Crippen molar-refractivity contribution in [2.75, 3.05) is 5.32 Å². The van der Waals surface area contributed by atoms with Gasteiger partial charge in [-0.3, -0.25) is 20.2 Å². The molecule has 7 nitrogen and oxygen atoms in total. The summed E-state index contributed by atoms with van der Waals surface area (Å²) in [5, 5.41) is 13.3. The van der Waals surface area contributed by atoms with Crippen LogP contribution in [0.1, 0.15) is 21.7 Å². The second-order valence-corrected chi connectivity index (χ2v) is 4.76. The number of hydrogen-bond acceptors (Lipinski definition) is 5. The van der Waals surface area contributed by atoms with Crippen LogP contribution in [-0.4, -0.2) is 20.8 Å². The maximum atomic E-state index is 12.1. The average molecular weight is 307 g/mol. The van der Waals surface area contributed by atoms with E-state index in [4.69, 9.17) is 11.6 Å². The number of halogens is 1. The molecule has 108 valence electrons. The Morgan fingerprint density at radius 1 is 1.24 bits per heavy atom. The Morgan fingerprint density at radius 3 is 2.43 bits per heavy atom. The number of amides is 1. The monoisotopic (exact) mass is 306 g/mol. The third kappa shape index (κ3) is 3.51. The average Bonchev–Trinajstić information content (AvgIpc) is 2.37. The Bertz CT molecular complexity index is 713. The minimum absolute atomic E-state index is 0.00590. The fraction of sp³-hybridized carbons (Fsp3) is 0.154. The van der Waals surface area contributed by atoms with Crippen molar-refractivity contribution >= 4 is 29.1 Å². The zero-order valence-electron chi connectivity index (χ0n) is 11.3. The number of nitrogens with one attached hydrogen (secondary N) is 1. The van der Waals surface area contributed by atoms with Crippen molar-refractivity contribution in [1.82, 2.24) is 9.97 Å².